The molecule has 1 amide bonds. The van der Waals surface area contributed by atoms with E-state index < -0.39 is 23.3 Å². The van der Waals surface area contributed by atoms with E-state index in [4.69, 9.17) is 0 Å². The first kappa shape index (κ1) is 21.4. The highest BCUT2D eigenvalue weighted by Gasteiger charge is 2.40. The number of aromatic nitrogens is 4. The molecule has 0 bridgehead atoms. The standard InChI is InChI=1S/C23H20F3N5O/c1-16-7-9-19(10-8-16)31-21(23(24,25)26)20(14-29-31)22(32)27-13-17-5-2-3-6-18(17)15-30-12-4-11-28-30/h2-12,14H,13,15H2,1H3,(H,27,32). The third-order valence-electron chi connectivity index (χ3n) is 5.01. The van der Waals surface area contributed by atoms with Crippen molar-refractivity contribution in [2.24, 2.45) is 0 Å². The van der Waals surface area contributed by atoms with Gasteiger partial charge in [-0.2, -0.15) is 23.4 Å². The van der Waals surface area contributed by atoms with Gasteiger partial charge in [-0.05, 0) is 36.2 Å². The molecule has 1 N–H and O–H groups in total. The minimum absolute atomic E-state index is 0.0727. The summed E-state index contributed by atoms with van der Waals surface area (Å²) in [6, 6.07) is 15.6. The highest BCUT2D eigenvalue weighted by molar-refractivity contribution is 5.95. The van der Waals surface area contributed by atoms with Gasteiger partial charge in [0.1, 0.15) is 0 Å². The van der Waals surface area contributed by atoms with Crippen LogP contribution in [0.2, 0.25) is 0 Å². The molecule has 0 saturated carbocycles. The number of amides is 1. The van der Waals surface area contributed by atoms with Crippen LogP contribution in [0, 0.1) is 6.92 Å². The molecule has 9 heteroatoms. The van der Waals surface area contributed by atoms with E-state index in [9.17, 15) is 18.0 Å². The summed E-state index contributed by atoms with van der Waals surface area (Å²) in [5, 5.41) is 10.6. The summed E-state index contributed by atoms with van der Waals surface area (Å²) in [7, 11) is 0. The van der Waals surface area contributed by atoms with E-state index in [1.807, 2.05) is 37.4 Å². The molecule has 2 heterocycles. The van der Waals surface area contributed by atoms with Gasteiger partial charge in [-0.3, -0.25) is 9.48 Å². The monoisotopic (exact) mass is 439 g/mol. The van der Waals surface area contributed by atoms with Crippen LogP contribution in [0.15, 0.2) is 73.2 Å². The molecule has 0 aliphatic rings. The second-order valence-electron chi connectivity index (χ2n) is 7.31. The number of alkyl halides is 3. The van der Waals surface area contributed by atoms with Crippen LogP contribution in [0.25, 0.3) is 5.69 Å². The fourth-order valence-electron chi connectivity index (χ4n) is 3.39. The Hall–Kier alpha value is -3.88. The zero-order valence-electron chi connectivity index (χ0n) is 17.2. The van der Waals surface area contributed by atoms with Gasteiger partial charge in [0.15, 0.2) is 5.69 Å². The average molecular weight is 439 g/mol. The molecule has 0 unspecified atom stereocenters. The lowest BCUT2D eigenvalue weighted by molar-refractivity contribution is -0.143. The van der Waals surface area contributed by atoms with Crippen molar-refractivity contribution in [1.82, 2.24) is 24.9 Å². The maximum atomic E-state index is 13.9. The van der Waals surface area contributed by atoms with Crippen molar-refractivity contribution >= 4 is 5.91 Å². The van der Waals surface area contributed by atoms with Gasteiger partial charge >= 0.3 is 6.18 Å². The molecule has 0 aliphatic heterocycles. The lowest BCUT2D eigenvalue weighted by Crippen LogP contribution is -2.27. The summed E-state index contributed by atoms with van der Waals surface area (Å²) in [6.07, 6.45) is -0.334. The molecular formula is C23H20F3N5O. The predicted octanol–water partition coefficient (Wildman–Crippen LogP) is 4.37. The van der Waals surface area contributed by atoms with E-state index in [-0.39, 0.29) is 12.2 Å². The van der Waals surface area contributed by atoms with Crippen molar-refractivity contribution in [3.8, 4) is 5.69 Å². The zero-order chi connectivity index (χ0) is 22.7. The SMILES string of the molecule is Cc1ccc(-n2ncc(C(=O)NCc3ccccc3Cn3cccn3)c2C(F)(F)F)cc1. The Morgan fingerprint density at radius 3 is 2.38 bits per heavy atom. The number of nitrogens with one attached hydrogen (secondary N) is 1. The fraction of sp³-hybridized carbons (Fsp3) is 0.174. The molecule has 0 fully saturated rings. The molecule has 0 aliphatic carbocycles. The van der Waals surface area contributed by atoms with Crippen LogP contribution >= 0.6 is 0 Å². The van der Waals surface area contributed by atoms with Crippen molar-refractivity contribution in [3.63, 3.8) is 0 Å². The van der Waals surface area contributed by atoms with Crippen molar-refractivity contribution in [3.05, 3.63) is 101 Å². The minimum atomic E-state index is -4.76. The minimum Gasteiger partial charge on any atom is -0.348 e. The van der Waals surface area contributed by atoms with E-state index in [1.54, 1.807) is 29.1 Å². The van der Waals surface area contributed by atoms with Crippen molar-refractivity contribution in [1.29, 1.82) is 0 Å². The number of benzene rings is 2. The normalized spacial score (nSPS) is 11.5. The van der Waals surface area contributed by atoms with Gasteiger partial charge in [-0.1, -0.05) is 42.0 Å². The van der Waals surface area contributed by atoms with Gasteiger partial charge in [-0.25, -0.2) is 4.68 Å². The lowest BCUT2D eigenvalue weighted by Gasteiger charge is -2.14. The summed E-state index contributed by atoms with van der Waals surface area (Å²) in [5.41, 5.74) is 1.19. The molecule has 4 rings (SSSR count). The maximum Gasteiger partial charge on any atom is 0.434 e. The number of carbonyl (C=O) groups is 1. The second-order valence-corrected chi connectivity index (χ2v) is 7.31. The summed E-state index contributed by atoms with van der Waals surface area (Å²) in [4.78, 5) is 12.7. The van der Waals surface area contributed by atoms with Gasteiger partial charge in [0.05, 0.1) is 24.0 Å². The van der Waals surface area contributed by atoms with E-state index in [1.165, 1.54) is 12.1 Å². The molecule has 2 aromatic heterocycles. The number of carbonyl (C=O) groups excluding carboxylic acids is 1. The van der Waals surface area contributed by atoms with Crippen LogP contribution in [0.5, 0.6) is 0 Å². The van der Waals surface area contributed by atoms with Gasteiger partial charge in [-0.15, -0.1) is 0 Å². The quantitative estimate of drug-likeness (QED) is 0.485. The summed E-state index contributed by atoms with van der Waals surface area (Å²) >= 11 is 0. The van der Waals surface area contributed by atoms with Crippen molar-refractivity contribution in [2.45, 2.75) is 26.2 Å². The van der Waals surface area contributed by atoms with Gasteiger partial charge in [0, 0.05) is 18.9 Å². The second kappa shape index (κ2) is 8.70. The van der Waals surface area contributed by atoms with Crippen LogP contribution in [-0.2, 0) is 19.3 Å². The van der Waals surface area contributed by atoms with Crippen LogP contribution in [0.1, 0.15) is 32.7 Å². The van der Waals surface area contributed by atoms with E-state index in [0.29, 0.717) is 6.54 Å². The van der Waals surface area contributed by atoms with Crippen LogP contribution in [0.3, 0.4) is 0 Å². The number of hydrogen-bond donors (Lipinski definition) is 1. The summed E-state index contributed by atoms with van der Waals surface area (Å²) < 4.78 is 44.0. The fourth-order valence-corrected chi connectivity index (χ4v) is 3.39. The number of halogens is 3. The summed E-state index contributed by atoms with van der Waals surface area (Å²) in [6.45, 7) is 2.39. The molecule has 4 aromatic rings. The molecule has 2 aromatic carbocycles. The number of aryl methyl sites for hydroxylation is 1. The molecule has 0 saturated heterocycles. The molecule has 32 heavy (non-hydrogen) atoms. The topological polar surface area (TPSA) is 64.7 Å². The third kappa shape index (κ3) is 4.56. The Labute approximate surface area is 182 Å². The molecule has 0 spiro atoms. The van der Waals surface area contributed by atoms with Crippen molar-refractivity contribution in [2.75, 3.05) is 0 Å². The lowest BCUT2D eigenvalue weighted by atomic mass is 10.1. The van der Waals surface area contributed by atoms with Crippen LogP contribution < -0.4 is 5.32 Å². The smallest absolute Gasteiger partial charge is 0.348 e. The number of rotatable bonds is 6. The Bertz CT molecular complexity index is 1210. The Morgan fingerprint density at radius 1 is 1.00 bits per heavy atom. The Kier molecular flexibility index (Phi) is 5.81. The van der Waals surface area contributed by atoms with E-state index in [2.05, 4.69) is 15.5 Å². The molecule has 164 valence electrons. The predicted molar refractivity (Wildman–Crippen MR) is 112 cm³/mol. The third-order valence-corrected chi connectivity index (χ3v) is 5.01. The summed E-state index contributed by atoms with van der Waals surface area (Å²) in [5.74, 6) is -0.843. The van der Waals surface area contributed by atoms with Crippen molar-refractivity contribution < 1.29 is 18.0 Å². The Morgan fingerprint density at radius 2 is 1.72 bits per heavy atom. The first-order chi connectivity index (χ1) is 15.3. The highest BCUT2D eigenvalue weighted by Crippen LogP contribution is 2.33. The first-order valence-electron chi connectivity index (χ1n) is 9.87. The molecule has 0 radical (unpaired) electrons. The number of hydrogen-bond acceptors (Lipinski definition) is 3. The zero-order valence-corrected chi connectivity index (χ0v) is 17.2. The van der Waals surface area contributed by atoms with Crippen LogP contribution in [-0.4, -0.2) is 25.5 Å². The van der Waals surface area contributed by atoms with Gasteiger partial charge in [0.2, 0.25) is 0 Å². The largest absolute Gasteiger partial charge is 0.434 e. The van der Waals surface area contributed by atoms with Gasteiger partial charge in [0.25, 0.3) is 5.91 Å². The molecule has 0 atom stereocenters. The highest BCUT2D eigenvalue weighted by atomic mass is 19.4. The number of nitrogens with zero attached hydrogens (tertiary/aromatic N) is 4. The average Bonchev–Trinajstić information content (AvgIpc) is 3.43. The van der Waals surface area contributed by atoms with Crippen LogP contribution in [0.4, 0.5) is 13.2 Å². The molecule has 6 nitrogen and oxygen atoms in total. The molecular weight excluding hydrogens is 419 g/mol. The van der Waals surface area contributed by atoms with E-state index >= 15 is 0 Å². The maximum absolute atomic E-state index is 13.9. The van der Waals surface area contributed by atoms with Gasteiger partial charge < -0.3 is 5.32 Å². The van der Waals surface area contributed by atoms with E-state index in [0.717, 1.165) is 27.6 Å². The Balaban J connectivity index is 1.58. The first-order valence-corrected chi connectivity index (χ1v) is 9.87.